The van der Waals surface area contributed by atoms with Crippen LogP contribution >= 0.6 is 0 Å². The Balaban J connectivity index is 1.35. The number of aromatic nitrogens is 3. The maximum absolute atomic E-state index is 10.2. The molecule has 3 nitrogen and oxygen atoms in total. The first kappa shape index (κ1) is 16.7. The molecule has 0 saturated carbocycles. The first-order valence-electron chi connectivity index (χ1n) is 24.2. The Kier molecular flexibility index (Phi) is 3.55. The average Bonchev–Trinajstić information content (AvgIpc) is 3.97. The summed E-state index contributed by atoms with van der Waals surface area (Å²) < 4.78 is 150. The molecular formula is C48H31N3. The third-order valence-corrected chi connectivity index (χ3v) is 9.45. The lowest BCUT2D eigenvalue weighted by molar-refractivity contribution is 1.13. The van der Waals surface area contributed by atoms with E-state index < -0.39 is 125 Å². The number of benzene rings is 8. The molecule has 0 amide bonds. The second kappa shape index (κ2) is 10.8. The van der Waals surface area contributed by atoms with E-state index in [0.717, 1.165) is 32.1 Å². The third kappa shape index (κ3) is 4.12. The van der Waals surface area contributed by atoms with Crippen molar-refractivity contribution in [1.29, 1.82) is 0 Å². The van der Waals surface area contributed by atoms with Crippen LogP contribution in [-0.2, 0) is 0 Å². The van der Waals surface area contributed by atoms with E-state index in [1.807, 2.05) is 66.7 Å². The number of hydrogen-bond acceptors (Lipinski definition) is 0. The van der Waals surface area contributed by atoms with Gasteiger partial charge in [0.05, 0.1) is 55.0 Å². The van der Waals surface area contributed by atoms with Crippen LogP contribution in [0, 0.1) is 0 Å². The van der Waals surface area contributed by atoms with Crippen molar-refractivity contribution in [2.24, 2.45) is 0 Å². The van der Waals surface area contributed by atoms with E-state index in [0.29, 0.717) is 21.8 Å². The van der Waals surface area contributed by atoms with Crippen LogP contribution in [0.2, 0.25) is 0 Å². The molecule has 0 aliphatic rings. The van der Waals surface area contributed by atoms with Crippen molar-refractivity contribution in [3.05, 3.63) is 188 Å². The van der Waals surface area contributed by atoms with Gasteiger partial charge in [-0.2, -0.15) is 0 Å². The third-order valence-electron chi connectivity index (χ3n) is 9.45. The highest BCUT2D eigenvalue weighted by atomic mass is 15.0. The number of para-hydroxylation sites is 5. The number of fused-ring (bicyclic) bond motifs is 9. The molecule has 3 heteroatoms. The minimum atomic E-state index is -0.773. The van der Waals surface area contributed by atoms with Gasteiger partial charge in [0.2, 0.25) is 0 Å². The average molecular weight is 666 g/mol. The molecule has 3 aromatic heterocycles. The Morgan fingerprint density at radius 3 is 1.35 bits per heavy atom. The van der Waals surface area contributed by atoms with Crippen LogP contribution in [0.25, 0.3) is 93.6 Å². The van der Waals surface area contributed by atoms with Crippen LogP contribution in [0.4, 0.5) is 0 Å². The highest BCUT2D eigenvalue weighted by molar-refractivity contribution is 6.13. The van der Waals surface area contributed by atoms with Gasteiger partial charge in [-0.1, -0.05) is 121 Å². The van der Waals surface area contributed by atoms with Gasteiger partial charge in [0, 0.05) is 49.4 Å². The molecule has 3 heterocycles. The van der Waals surface area contributed by atoms with E-state index in [1.54, 1.807) is 16.7 Å². The summed E-state index contributed by atoms with van der Waals surface area (Å²) in [6.45, 7) is 0. The standard InChI is InChI=1S/C48H31N3/c1-2-14-32(15-3-1)33-28-35(50-45-23-11-6-18-39(45)40-19-7-12-24-46(40)50)30-36(29-33)51-47-25-13-8-20-41(47)42-31-34(26-27-48(42)51)49-43-21-9-4-16-37(43)38-17-5-10-22-44(38)49/h1-31H/i1D,2D,3D,6D,7D,11D,12D,14D,15D,18D,19D,23D,24D,28D,29D,30D. The van der Waals surface area contributed by atoms with Crippen LogP contribution in [0.15, 0.2) is 188 Å². The molecule has 238 valence electrons. The Morgan fingerprint density at radius 1 is 0.314 bits per heavy atom. The van der Waals surface area contributed by atoms with Crippen molar-refractivity contribution in [1.82, 2.24) is 13.7 Å². The molecule has 11 rings (SSSR count). The van der Waals surface area contributed by atoms with Gasteiger partial charge in [-0.05, 0) is 77.7 Å². The van der Waals surface area contributed by atoms with Crippen LogP contribution in [0.3, 0.4) is 0 Å². The monoisotopic (exact) mass is 665 g/mol. The van der Waals surface area contributed by atoms with Crippen molar-refractivity contribution < 1.29 is 21.9 Å². The largest absolute Gasteiger partial charge is 0.309 e. The fourth-order valence-electron chi connectivity index (χ4n) is 7.35. The summed E-state index contributed by atoms with van der Waals surface area (Å²) in [7, 11) is 0. The SMILES string of the molecule is [2H]c1c([2H])c([2H])c(-c2c([2H])c(-n3c4ccccc4c4cc(-n5c6ccccc6c6ccccc65)ccc43)c([2H])c(-n3c4c([2H])c([2H])c([2H])c([2H])c4c4c([2H])c([2H])c([2H])c([2H])c43)c2[2H])c([2H])c1[2H]. The first-order chi connectivity index (χ1) is 32.0. The van der Waals surface area contributed by atoms with Crippen molar-refractivity contribution in [2.75, 3.05) is 0 Å². The molecule has 0 unspecified atom stereocenters. The van der Waals surface area contributed by atoms with Crippen LogP contribution in [0.1, 0.15) is 21.9 Å². The van der Waals surface area contributed by atoms with E-state index in [2.05, 4.69) is 16.7 Å². The molecule has 0 atom stereocenters. The van der Waals surface area contributed by atoms with Gasteiger partial charge in [0.25, 0.3) is 0 Å². The maximum atomic E-state index is 10.2. The zero-order valence-corrected chi connectivity index (χ0v) is 26.5. The van der Waals surface area contributed by atoms with E-state index in [9.17, 15) is 6.85 Å². The normalized spacial score (nSPS) is 16.3. The van der Waals surface area contributed by atoms with Crippen molar-refractivity contribution in [2.45, 2.75) is 0 Å². The predicted molar refractivity (Wildman–Crippen MR) is 215 cm³/mol. The summed E-state index contributed by atoms with van der Waals surface area (Å²) in [4.78, 5) is 0. The fraction of sp³-hybridized carbons (Fsp3) is 0. The molecule has 0 fully saturated rings. The predicted octanol–water partition coefficient (Wildman–Crippen LogP) is 12.6. The Hall–Kier alpha value is -6.84. The summed E-state index contributed by atoms with van der Waals surface area (Å²) in [5, 5.41) is 2.81. The second-order valence-electron chi connectivity index (χ2n) is 12.2. The van der Waals surface area contributed by atoms with Crippen molar-refractivity contribution in [3.63, 3.8) is 0 Å². The summed E-state index contributed by atoms with van der Waals surface area (Å²) in [5.41, 5.74) is 0.980. The van der Waals surface area contributed by atoms with Crippen LogP contribution in [-0.4, -0.2) is 13.7 Å². The zero-order valence-electron chi connectivity index (χ0n) is 42.5. The molecular weight excluding hydrogens is 619 g/mol. The summed E-state index contributed by atoms with van der Waals surface area (Å²) in [5.74, 6) is 0. The topological polar surface area (TPSA) is 14.8 Å². The smallest absolute Gasteiger partial charge is 0.0667 e. The van der Waals surface area contributed by atoms with E-state index in [-0.39, 0.29) is 16.5 Å². The molecule has 0 bridgehead atoms. The van der Waals surface area contributed by atoms with Gasteiger partial charge in [-0.15, -0.1) is 0 Å². The molecule has 0 N–H and O–H groups in total. The number of hydrogen-bond donors (Lipinski definition) is 0. The van der Waals surface area contributed by atoms with E-state index >= 15 is 0 Å². The molecule has 0 saturated heterocycles. The second-order valence-corrected chi connectivity index (χ2v) is 12.2. The lowest BCUT2D eigenvalue weighted by Gasteiger charge is -2.16. The number of nitrogens with zero attached hydrogens (tertiary/aromatic N) is 3. The highest BCUT2D eigenvalue weighted by Crippen LogP contribution is 2.39. The van der Waals surface area contributed by atoms with E-state index in [4.69, 9.17) is 15.1 Å². The summed E-state index contributed by atoms with van der Waals surface area (Å²) in [6, 6.07) is 17.7. The van der Waals surface area contributed by atoms with Gasteiger partial charge in [0.1, 0.15) is 0 Å². The lowest BCUT2D eigenvalue weighted by Crippen LogP contribution is -2.00. The molecule has 0 aliphatic heterocycles. The van der Waals surface area contributed by atoms with Gasteiger partial charge < -0.3 is 13.7 Å². The highest BCUT2D eigenvalue weighted by Gasteiger charge is 2.19. The summed E-state index contributed by atoms with van der Waals surface area (Å²) >= 11 is 0. The fourth-order valence-corrected chi connectivity index (χ4v) is 7.35. The maximum Gasteiger partial charge on any atom is 0.0667 e. The van der Waals surface area contributed by atoms with Crippen molar-refractivity contribution in [3.8, 4) is 28.2 Å². The number of rotatable bonds is 4. The Morgan fingerprint density at radius 2 is 0.765 bits per heavy atom. The molecule has 0 spiro atoms. The van der Waals surface area contributed by atoms with Gasteiger partial charge in [-0.3, -0.25) is 0 Å². The quantitative estimate of drug-likeness (QED) is 0.178. The summed E-state index contributed by atoms with van der Waals surface area (Å²) in [6.07, 6.45) is 0. The van der Waals surface area contributed by atoms with Gasteiger partial charge in [-0.25, -0.2) is 0 Å². The van der Waals surface area contributed by atoms with Crippen molar-refractivity contribution >= 4 is 65.4 Å². The first-order valence-corrected chi connectivity index (χ1v) is 16.2. The molecule has 11 aromatic rings. The Bertz CT molecular complexity index is 3910. The van der Waals surface area contributed by atoms with Crippen LogP contribution in [0.5, 0.6) is 0 Å². The van der Waals surface area contributed by atoms with Gasteiger partial charge in [0.15, 0.2) is 0 Å². The molecule has 0 aliphatic carbocycles. The molecule has 51 heavy (non-hydrogen) atoms. The van der Waals surface area contributed by atoms with Gasteiger partial charge >= 0.3 is 0 Å². The molecule has 8 aromatic carbocycles. The van der Waals surface area contributed by atoms with Crippen LogP contribution < -0.4 is 0 Å². The lowest BCUT2D eigenvalue weighted by atomic mass is 10.0. The zero-order chi connectivity index (χ0) is 47.4. The minimum Gasteiger partial charge on any atom is -0.309 e. The Labute approximate surface area is 316 Å². The molecule has 0 radical (unpaired) electrons. The van der Waals surface area contributed by atoms with E-state index in [1.165, 1.54) is 0 Å². The minimum absolute atomic E-state index is 0.250.